The van der Waals surface area contributed by atoms with Crippen LogP contribution in [-0.2, 0) is 21.4 Å². The molecule has 1 atom stereocenters. The fraction of sp³-hybridized carbons (Fsp3) is 0.308. The standard InChI is InChI=1S/C26H28N2O5S/c1-19-7-8-20(2)25(15-19)34(30,31)33-23-11-9-22(10-12-23)26(29)28(18-24-6-4-14-32-24)17-21-5-3-13-27-16-21/h3,5,7-13,15-16,24H,4,6,14,17-18H2,1-2H3. The van der Waals surface area contributed by atoms with Gasteiger partial charge in [-0.15, -0.1) is 0 Å². The summed E-state index contributed by atoms with van der Waals surface area (Å²) >= 11 is 0. The van der Waals surface area contributed by atoms with Crippen molar-refractivity contribution in [2.75, 3.05) is 13.2 Å². The summed E-state index contributed by atoms with van der Waals surface area (Å²) in [5.74, 6) is -0.0151. The Kier molecular flexibility index (Phi) is 7.29. The van der Waals surface area contributed by atoms with Crippen LogP contribution in [0, 0.1) is 13.8 Å². The second-order valence-electron chi connectivity index (χ2n) is 8.51. The molecule has 0 N–H and O–H groups in total. The van der Waals surface area contributed by atoms with Gasteiger partial charge in [-0.3, -0.25) is 9.78 Å². The Balaban J connectivity index is 1.51. The van der Waals surface area contributed by atoms with Gasteiger partial charge in [0.1, 0.15) is 10.6 Å². The molecule has 1 unspecified atom stereocenters. The number of benzene rings is 2. The number of nitrogens with zero attached hydrogens (tertiary/aromatic N) is 2. The summed E-state index contributed by atoms with van der Waals surface area (Å²) in [5.41, 5.74) is 2.80. The number of hydrogen-bond acceptors (Lipinski definition) is 6. The number of carbonyl (C=O) groups is 1. The lowest BCUT2D eigenvalue weighted by atomic mass is 10.1. The zero-order valence-corrected chi connectivity index (χ0v) is 20.1. The normalized spacial score (nSPS) is 15.8. The van der Waals surface area contributed by atoms with Crippen molar-refractivity contribution in [3.05, 3.63) is 89.2 Å². The Morgan fingerprint density at radius 2 is 1.94 bits per heavy atom. The smallest absolute Gasteiger partial charge is 0.339 e. The third-order valence-corrected chi connectivity index (χ3v) is 7.14. The monoisotopic (exact) mass is 480 g/mol. The van der Waals surface area contributed by atoms with E-state index in [0.717, 1.165) is 24.0 Å². The van der Waals surface area contributed by atoms with E-state index in [-0.39, 0.29) is 22.7 Å². The number of rotatable bonds is 8. The molecule has 3 aromatic rings. The van der Waals surface area contributed by atoms with Crippen LogP contribution in [0.15, 0.2) is 71.9 Å². The molecule has 1 aliphatic rings. The van der Waals surface area contributed by atoms with Crippen LogP contribution < -0.4 is 4.18 Å². The molecule has 34 heavy (non-hydrogen) atoms. The predicted molar refractivity (Wildman–Crippen MR) is 128 cm³/mol. The van der Waals surface area contributed by atoms with Crippen LogP contribution in [0.3, 0.4) is 0 Å². The third-order valence-electron chi connectivity index (χ3n) is 5.75. The van der Waals surface area contributed by atoms with Gasteiger partial charge in [-0.2, -0.15) is 8.42 Å². The lowest BCUT2D eigenvalue weighted by molar-refractivity contribution is 0.0507. The average molecular weight is 481 g/mol. The van der Waals surface area contributed by atoms with E-state index in [1.165, 1.54) is 12.1 Å². The first-order valence-corrected chi connectivity index (χ1v) is 12.6. The summed E-state index contributed by atoms with van der Waals surface area (Å²) < 4.78 is 36.6. The summed E-state index contributed by atoms with van der Waals surface area (Å²) in [6, 6.07) is 15.1. The molecule has 1 aromatic heterocycles. The molecule has 8 heteroatoms. The minimum atomic E-state index is -3.99. The molecule has 0 aliphatic carbocycles. The van der Waals surface area contributed by atoms with Crippen molar-refractivity contribution in [3.8, 4) is 5.75 Å². The summed E-state index contributed by atoms with van der Waals surface area (Å²) in [6.07, 6.45) is 5.34. The molecule has 1 aliphatic heterocycles. The lowest BCUT2D eigenvalue weighted by Gasteiger charge is -2.25. The first kappa shape index (κ1) is 23.9. The number of hydrogen-bond donors (Lipinski definition) is 0. The molecule has 0 spiro atoms. The number of aryl methyl sites for hydroxylation is 2. The van der Waals surface area contributed by atoms with Crippen molar-refractivity contribution in [1.29, 1.82) is 0 Å². The highest BCUT2D eigenvalue weighted by Gasteiger charge is 2.24. The summed E-state index contributed by atoms with van der Waals surface area (Å²) in [6.45, 7) is 5.15. The predicted octanol–water partition coefficient (Wildman–Crippen LogP) is 4.29. The maximum absolute atomic E-state index is 13.3. The average Bonchev–Trinajstić information content (AvgIpc) is 3.34. The third kappa shape index (κ3) is 5.81. The second kappa shape index (κ2) is 10.4. The van der Waals surface area contributed by atoms with E-state index in [9.17, 15) is 13.2 Å². The fourth-order valence-electron chi connectivity index (χ4n) is 3.95. The van der Waals surface area contributed by atoms with Crippen LogP contribution in [0.1, 0.15) is 39.9 Å². The summed E-state index contributed by atoms with van der Waals surface area (Å²) in [7, 11) is -3.99. The zero-order chi connectivity index (χ0) is 24.1. The molecule has 7 nitrogen and oxygen atoms in total. The SMILES string of the molecule is Cc1ccc(C)c(S(=O)(=O)Oc2ccc(C(=O)N(Cc3cccnc3)CC3CCCO3)cc2)c1. The van der Waals surface area contributed by atoms with E-state index in [1.807, 2.05) is 25.1 Å². The lowest BCUT2D eigenvalue weighted by Crippen LogP contribution is -2.37. The topological polar surface area (TPSA) is 85.8 Å². The molecule has 1 amide bonds. The van der Waals surface area contributed by atoms with Crippen molar-refractivity contribution >= 4 is 16.0 Å². The quantitative estimate of drug-likeness (QED) is 0.447. The molecule has 0 bridgehead atoms. The maximum Gasteiger partial charge on any atom is 0.339 e. The van der Waals surface area contributed by atoms with E-state index in [4.69, 9.17) is 8.92 Å². The van der Waals surface area contributed by atoms with Gasteiger partial charge in [0, 0.05) is 37.7 Å². The van der Waals surface area contributed by atoms with Crippen molar-refractivity contribution < 1.29 is 22.1 Å². The van der Waals surface area contributed by atoms with Gasteiger partial charge in [-0.25, -0.2) is 0 Å². The highest BCUT2D eigenvalue weighted by atomic mass is 32.2. The fourth-order valence-corrected chi connectivity index (χ4v) is 5.20. The molecule has 2 heterocycles. The van der Waals surface area contributed by atoms with Gasteiger partial charge < -0.3 is 13.8 Å². The van der Waals surface area contributed by atoms with Gasteiger partial charge in [0.05, 0.1) is 6.10 Å². The van der Waals surface area contributed by atoms with Crippen LogP contribution in [0.2, 0.25) is 0 Å². The maximum atomic E-state index is 13.3. The van der Waals surface area contributed by atoms with E-state index >= 15 is 0 Å². The molecule has 4 rings (SSSR count). The van der Waals surface area contributed by atoms with Gasteiger partial charge in [0.15, 0.2) is 0 Å². The number of pyridine rings is 1. The number of carbonyl (C=O) groups excluding carboxylic acids is 1. The zero-order valence-electron chi connectivity index (χ0n) is 19.3. The number of ether oxygens (including phenoxy) is 1. The van der Waals surface area contributed by atoms with Crippen molar-refractivity contribution in [2.24, 2.45) is 0 Å². The minimum absolute atomic E-state index is 0.00550. The van der Waals surface area contributed by atoms with Crippen LogP contribution in [0.4, 0.5) is 0 Å². The molecular formula is C26H28N2O5S. The van der Waals surface area contributed by atoms with E-state index < -0.39 is 10.1 Å². The minimum Gasteiger partial charge on any atom is -0.379 e. The largest absolute Gasteiger partial charge is 0.379 e. The van der Waals surface area contributed by atoms with E-state index in [0.29, 0.717) is 30.8 Å². The van der Waals surface area contributed by atoms with E-state index in [2.05, 4.69) is 4.98 Å². The van der Waals surface area contributed by atoms with Crippen molar-refractivity contribution in [3.63, 3.8) is 0 Å². The van der Waals surface area contributed by atoms with Gasteiger partial charge >= 0.3 is 10.1 Å². The number of amides is 1. The Hall–Kier alpha value is -3.23. The highest BCUT2D eigenvalue weighted by molar-refractivity contribution is 7.87. The van der Waals surface area contributed by atoms with Crippen LogP contribution in [0.5, 0.6) is 5.75 Å². The van der Waals surface area contributed by atoms with Crippen LogP contribution >= 0.6 is 0 Å². The number of aromatic nitrogens is 1. The van der Waals surface area contributed by atoms with Gasteiger partial charge in [0.2, 0.25) is 0 Å². The molecule has 2 aromatic carbocycles. The van der Waals surface area contributed by atoms with Crippen molar-refractivity contribution in [1.82, 2.24) is 9.88 Å². The Bertz CT molecular complexity index is 1240. The first-order valence-electron chi connectivity index (χ1n) is 11.2. The molecule has 178 valence electrons. The summed E-state index contributed by atoms with van der Waals surface area (Å²) in [5, 5.41) is 0. The molecular weight excluding hydrogens is 452 g/mol. The molecule has 0 saturated carbocycles. The molecule has 1 fully saturated rings. The Labute approximate surface area is 200 Å². The highest BCUT2D eigenvalue weighted by Crippen LogP contribution is 2.24. The summed E-state index contributed by atoms with van der Waals surface area (Å²) in [4.78, 5) is 19.3. The van der Waals surface area contributed by atoms with E-state index in [1.54, 1.807) is 48.5 Å². The van der Waals surface area contributed by atoms with Crippen molar-refractivity contribution in [2.45, 2.75) is 44.2 Å². The van der Waals surface area contributed by atoms with Crippen LogP contribution in [0.25, 0.3) is 0 Å². The van der Waals surface area contributed by atoms with Crippen LogP contribution in [-0.4, -0.2) is 43.5 Å². The first-order chi connectivity index (χ1) is 16.3. The van der Waals surface area contributed by atoms with Gasteiger partial charge in [-0.05, 0) is 79.8 Å². The van der Waals surface area contributed by atoms with Gasteiger partial charge in [-0.1, -0.05) is 18.2 Å². The second-order valence-corrected chi connectivity index (χ2v) is 10.0. The Morgan fingerprint density at radius 3 is 2.62 bits per heavy atom. The Morgan fingerprint density at radius 1 is 1.15 bits per heavy atom. The molecule has 0 radical (unpaired) electrons. The van der Waals surface area contributed by atoms with Gasteiger partial charge in [0.25, 0.3) is 5.91 Å². The molecule has 1 saturated heterocycles.